The van der Waals surface area contributed by atoms with Crippen LogP contribution in [0.1, 0.15) is 0 Å². The molecule has 2 amide bonds. The number of ether oxygens (including phenoxy) is 2. The molecule has 0 spiro atoms. The van der Waals surface area contributed by atoms with Gasteiger partial charge in [0, 0.05) is 5.69 Å². The van der Waals surface area contributed by atoms with Crippen LogP contribution in [0.4, 0.5) is 35.0 Å². The lowest BCUT2D eigenvalue weighted by Crippen LogP contribution is -2.37. The molecule has 1 heterocycles. The summed E-state index contributed by atoms with van der Waals surface area (Å²) < 4.78 is 49.0. The molecule has 8 nitrogen and oxygen atoms in total. The molecule has 1 fully saturated rings. The maximum Gasteiger partial charge on any atom is 0.414 e. The van der Waals surface area contributed by atoms with Gasteiger partial charge in [-0.2, -0.15) is 8.78 Å². The molecule has 0 aromatic heterocycles. The first kappa shape index (κ1) is 21.9. The Kier molecular flexibility index (Phi) is 6.63. The van der Waals surface area contributed by atoms with Gasteiger partial charge >= 0.3 is 12.5 Å². The molecule has 164 valence electrons. The van der Waals surface area contributed by atoms with Gasteiger partial charge in [-0.25, -0.2) is 9.18 Å². The maximum atomic E-state index is 14.6. The van der Waals surface area contributed by atoms with Gasteiger partial charge in [-0.05, 0) is 42.5 Å². The van der Waals surface area contributed by atoms with E-state index in [9.17, 15) is 27.6 Å². The average molecular weight is 437 g/mol. The quantitative estimate of drug-likeness (QED) is 0.692. The van der Waals surface area contributed by atoms with Crippen molar-refractivity contribution in [2.75, 3.05) is 30.4 Å². The van der Waals surface area contributed by atoms with Crippen molar-refractivity contribution in [2.45, 2.75) is 12.5 Å². The van der Waals surface area contributed by atoms with Gasteiger partial charge in [-0.15, -0.1) is 0 Å². The molecule has 1 aliphatic heterocycles. The minimum Gasteiger partial charge on any atom is -0.493 e. The van der Waals surface area contributed by atoms with E-state index < -0.39 is 30.3 Å². The molecule has 2 aromatic carbocycles. The fraction of sp³-hybridized carbons (Fsp3) is 0.250. The summed E-state index contributed by atoms with van der Waals surface area (Å²) in [4.78, 5) is 35.9. The van der Waals surface area contributed by atoms with Crippen molar-refractivity contribution in [2.24, 2.45) is 0 Å². The highest BCUT2D eigenvalue weighted by molar-refractivity contribution is 5.90. The number of carbonyl (C=O) groups excluding carboxylic acids is 2. The van der Waals surface area contributed by atoms with E-state index in [4.69, 9.17) is 9.47 Å². The summed E-state index contributed by atoms with van der Waals surface area (Å²) in [7, 11) is 1.36. The minimum absolute atomic E-state index is 0.0465. The summed E-state index contributed by atoms with van der Waals surface area (Å²) in [5.41, 5.74) is 0.383. The predicted octanol–water partition coefficient (Wildman–Crippen LogP) is 2.64. The largest absolute Gasteiger partial charge is 0.493 e. The average Bonchev–Trinajstić information content (AvgIpc) is 3.01. The molecule has 3 rings (SSSR count). The Bertz CT molecular complexity index is 1050. The van der Waals surface area contributed by atoms with Gasteiger partial charge in [0.05, 0.1) is 31.6 Å². The Hall–Kier alpha value is -3.76. The fourth-order valence-corrected chi connectivity index (χ4v) is 2.86. The Morgan fingerprint density at radius 1 is 1.23 bits per heavy atom. The smallest absolute Gasteiger partial charge is 0.414 e. The molecule has 2 aromatic rings. The highest BCUT2D eigenvalue weighted by Crippen LogP contribution is 2.27. The summed E-state index contributed by atoms with van der Waals surface area (Å²) >= 11 is 0. The second-order valence-electron chi connectivity index (χ2n) is 6.51. The summed E-state index contributed by atoms with van der Waals surface area (Å²) in [6, 6.07) is 9.70. The second-order valence-corrected chi connectivity index (χ2v) is 6.51. The van der Waals surface area contributed by atoms with Crippen molar-refractivity contribution in [3.63, 3.8) is 0 Å². The van der Waals surface area contributed by atoms with E-state index >= 15 is 0 Å². The number of halogens is 3. The second kappa shape index (κ2) is 9.37. The van der Waals surface area contributed by atoms with Gasteiger partial charge in [0.25, 0.3) is 5.91 Å². The number of hydrogen-bond acceptors (Lipinski definition) is 6. The number of methoxy groups -OCH3 is 1. The van der Waals surface area contributed by atoms with E-state index in [2.05, 4.69) is 5.32 Å². The lowest BCUT2D eigenvalue weighted by molar-refractivity contribution is -0.132. The van der Waals surface area contributed by atoms with Crippen molar-refractivity contribution in [3.05, 3.63) is 58.5 Å². The van der Waals surface area contributed by atoms with Crippen molar-refractivity contribution < 1.29 is 32.2 Å². The van der Waals surface area contributed by atoms with E-state index in [1.165, 1.54) is 37.4 Å². The first-order valence-electron chi connectivity index (χ1n) is 9.07. The Morgan fingerprint density at radius 2 is 1.97 bits per heavy atom. The zero-order valence-electron chi connectivity index (χ0n) is 16.2. The van der Waals surface area contributed by atoms with E-state index in [0.29, 0.717) is 5.69 Å². The van der Waals surface area contributed by atoms with Crippen LogP contribution in [-0.4, -0.2) is 44.7 Å². The summed E-state index contributed by atoms with van der Waals surface area (Å²) in [6.07, 6.45) is -4.81. The number of anilines is 3. The Morgan fingerprint density at radius 3 is 2.65 bits per heavy atom. The number of rotatable bonds is 7. The number of benzene rings is 1. The Labute approximate surface area is 174 Å². The highest BCUT2D eigenvalue weighted by Gasteiger charge is 2.33. The molecule has 31 heavy (non-hydrogen) atoms. The van der Waals surface area contributed by atoms with Gasteiger partial charge in [0.15, 0.2) is 5.75 Å². The molecule has 2 N–H and O–H groups in total. The van der Waals surface area contributed by atoms with Crippen molar-refractivity contribution in [1.82, 2.24) is 5.32 Å². The number of alkyl halides is 2. The molecule has 11 heteroatoms. The van der Waals surface area contributed by atoms with Gasteiger partial charge in [0.2, 0.25) is 5.43 Å². The number of hydrogen-bond donors (Lipinski definition) is 2. The topological polar surface area (TPSA) is 97.0 Å². The molecule has 0 radical (unpaired) electrons. The maximum absolute atomic E-state index is 14.6. The lowest BCUT2D eigenvalue weighted by atomic mass is 10.2. The van der Waals surface area contributed by atoms with E-state index in [1.807, 2.05) is 5.32 Å². The number of cyclic esters (lactones) is 1. The molecule has 1 aliphatic rings. The predicted molar refractivity (Wildman–Crippen MR) is 106 cm³/mol. The fourth-order valence-electron chi connectivity index (χ4n) is 2.86. The Balaban J connectivity index is 1.69. The van der Waals surface area contributed by atoms with Gasteiger partial charge in [-0.3, -0.25) is 14.5 Å². The standard InChI is InChI=1S/C20H18F3N3O5/c1-30-17-7-3-11(2-6-16(17)27)25-15-5-4-12(8-14(15)21)26-10-13(31-20(26)29)9-24-19(28)18(22)23/h2-8,13,18,25H,9-10H2,1H3,(H,24,28)/t13-/m0/s1. The summed E-state index contributed by atoms with van der Waals surface area (Å²) in [5.74, 6) is -2.01. The van der Waals surface area contributed by atoms with Crippen LogP contribution in [0.3, 0.4) is 0 Å². The third kappa shape index (κ3) is 5.24. The van der Waals surface area contributed by atoms with E-state index in [-0.39, 0.29) is 35.6 Å². The third-order valence-electron chi connectivity index (χ3n) is 4.41. The molecule has 0 aliphatic carbocycles. The zero-order valence-corrected chi connectivity index (χ0v) is 16.2. The number of amides is 2. The van der Waals surface area contributed by atoms with Crippen LogP contribution in [0.2, 0.25) is 0 Å². The zero-order chi connectivity index (χ0) is 22.5. The molecular formula is C20H18F3N3O5. The summed E-state index contributed by atoms with van der Waals surface area (Å²) in [6.45, 7) is -0.334. The molecule has 1 atom stereocenters. The van der Waals surface area contributed by atoms with E-state index in [0.717, 1.165) is 11.0 Å². The van der Waals surface area contributed by atoms with Crippen LogP contribution < -0.4 is 25.7 Å². The van der Waals surface area contributed by atoms with Crippen LogP contribution >= 0.6 is 0 Å². The van der Waals surface area contributed by atoms with Gasteiger partial charge in [-0.1, -0.05) is 0 Å². The lowest BCUT2D eigenvalue weighted by Gasteiger charge is -2.15. The van der Waals surface area contributed by atoms with Gasteiger partial charge < -0.3 is 20.1 Å². The van der Waals surface area contributed by atoms with Crippen molar-refractivity contribution in [3.8, 4) is 5.75 Å². The monoisotopic (exact) mass is 437 g/mol. The summed E-state index contributed by atoms with van der Waals surface area (Å²) in [5, 5.41) is 4.80. The van der Waals surface area contributed by atoms with Crippen LogP contribution in [0, 0.1) is 5.82 Å². The number of carbonyl (C=O) groups is 2. The SMILES string of the molecule is COc1ccc(Nc2ccc(N3C[C@H](CNC(=O)C(F)F)OC3=O)cc2F)ccc1=O. The first-order chi connectivity index (χ1) is 14.8. The van der Waals surface area contributed by atoms with Crippen LogP contribution in [0.5, 0.6) is 5.75 Å². The highest BCUT2D eigenvalue weighted by atomic mass is 19.3. The van der Waals surface area contributed by atoms with Crippen LogP contribution in [0.15, 0.2) is 47.3 Å². The molecule has 1 saturated heterocycles. The van der Waals surface area contributed by atoms with Crippen molar-refractivity contribution in [1.29, 1.82) is 0 Å². The third-order valence-corrected chi connectivity index (χ3v) is 4.41. The van der Waals surface area contributed by atoms with Crippen molar-refractivity contribution >= 4 is 29.1 Å². The first-order valence-corrected chi connectivity index (χ1v) is 9.07. The van der Waals surface area contributed by atoms with Crippen LogP contribution in [0.25, 0.3) is 0 Å². The molecule has 0 saturated carbocycles. The van der Waals surface area contributed by atoms with Gasteiger partial charge in [0.1, 0.15) is 11.9 Å². The van der Waals surface area contributed by atoms with Crippen LogP contribution in [-0.2, 0) is 9.53 Å². The normalized spacial score (nSPS) is 15.6. The van der Waals surface area contributed by atoms with E-state index in [1.54, 1.807) is 6.07 Å². The molecular weight excluding hydrogens is 419 g/mol. The number of nitrogens with one attached hydrogen (secondary N) is 2. The molecule has 0 unspecified atom stereocenters. The number of nitrogens with zero attached hydrogens (tertiary/aromatic N) is 1. The molecule has 0 bridgehead atoms. The minimum atomic E-state index is -3.17.